The van der Waals surface area contributed by atoms with Crippen LogP contribution in [0.3, 0.4) is 0 Å². The van der Waals surface area contributed by atoms with E-state index < -0.39 is 0 Å². The molecule has 2 nitrogen and oxygen atoms in total. The van der Waals surface area contributed by atoms with Gasteiger partial charge in [-0.1, -0.05) is 28.8 Å². The van der Waals surface area contributed by atoms with Crippen molar-refractivity contribution in [1.82, 2.24) is 4.90 Å². The maximum Gasteiger partial charge on any atom is 0.0763 e. The number of nitrogens with zero attached hydrogens (tertiary/aromatic N) is 1. The molecule has 1 atom stereocenters. The first kappa shape index (κ1) is 11.9. The summed E-state index contributed by atoms with van der Waals surface area (Å²) in [6.45, 7) is 3.25. The normalized spacial score (nSPS) is 28.4. The summed E-state index contributed by atoms with van der Waals surface area (Å²) >= 11 is 3.32. The van der Waals surface area contributed by atoms with Gasteiger partial charge in [-0.25, -0.2) is 0 Å². The van der Waals surface area contributed by atoms with Gasteiger partial charge in [0.1, 0.15) is 0 Å². The lowest BCUT2D eigenvalue weighted by molar-refractivity contribution is 0.0686. The van der Waals surface area contributed by atoms with Gasteiger partial charge < -0.3 is 10.0 Å². The Kier molecular flexibility index (Phi) is 4.08. The Morgan fingerprint density at radius 3 is 2.27 bits per heavy atom. The molecule has 2 aliphatic rings. The van der Waals surface area contributed by atoms with Crippen molar-refractivity contribution in [1.29, 1.82) is 0 Å². The molecule has 0 radical (unpaired) electrons. The predicted molar refractivity (Wildman–Crippen MR) is 66.4 cm³/mol. The van der Waals surface area contributed by atoms with Crippen molar-refractivity contribution in [2.24, 2.45) is 5.41 Å². The summed E-state index contributed by atoms with van der Waals surface area (Å²) in [7, 11) is 0. The number of aliphatic hydroxyl groups is 1. The fourth-order valence-electron chi connectivity index (χ4n) is 3.18. The maximum absolute atomic E-state index is 9.58. The van der Waals surface area contributed by atoms with E-state index in [9.17, 15) is 5.11 Å². The van der Waals surface area contributed by atoms with Crippen LogP contribution in [0.4, 0.5) is 0 Å². The molecule has 0 bridgehead atoms. The third-order valence-electron chi connectivity index (χ3n) is 4.23. The minimum Gasteiger partial charge on any atom is -0.391 e. The third kappa shape index (κ3) is 2.95. The number of hydrogen-bond acceptors (Lipinski definition) is 2. The Labute approximate surface area is 101 Å². The van der Waals surface area contributed by atoms with E-state index in [0.29, 0.717) is 10.7 Å². The van der Waals surface area contributed by atoms with Crippen molar-refractivity contribution >= 4 is 15.9 Å². The first-order valence-corrected chi connectivity index (χ1v) is 7.33. The van der Waals surface area contributed by atoms with Gasteiger partial charge in [0.05, 0.1) is 6.10 Å². The van der Waals surface area contributed by atoms with Crippen LogP contribution >= 0.6 is 15.9 Å². The Balaban J connectivity index is 1.76. The van der Waals surface area contributed by atoms with Gasteiger partial charge in [-0.2, -0.15) is 0 Å². The van der Waals surface area contributed by atoms with Crippen LogP contribution in [0.2, 0.25) is 0 Å². The van der Waals surface area contributed by atoms with Gasteiger partial charge in [-0.05, 0) is 44.2 Å². The van der Waals surface area contributed by atoms with E-state index in [4.69, 9.17) is 0 Å². The highest BCUT2D eigenvalue weighted by molar-refractivity contribution is 9.09. The van der Waals surface area contributed by atoms with Gasteiger partial charge in [0, 0.05) is 11.9 Å². The highest BCUT2D eigenvalue weighted by Gasteiger charge is 2.36. The molecule has 2 fully saturated rings. The van der Waals surface area contributed by atoms with Crippen molar-refractivity contribution in [3.8, 4) is 0 Å². The number of likely N-dealkylation sites (tertiary alicyclic amines) is 1. The monoisotopic (exact) mass is 275 g/mol. The average molecular weight is 276 g/mol. The van der Waals surface area contributed by atoms with Gasteiger partial charge in [-0.15, -0.1) is 0 Å². The van der Waals surface area contributed by atoms with Crippen LogP contribution in [0, 0.1) is 5.41 Å². The first-order chi connectivity index (χ1) is 7.24. The second-order valence-corrected chi connectivity index (χ2v) is 5.96. The van der Waals surface area contributed by atoms with Crippen LogP contribution in [0.15, 0.2) is 0 Å². The third-order valence-corrected chi connectivity index (χ3v) is 4.98. The summed E-state index contributed by atoms with van der Waals surface area (Å²) in [4.78, 5) is 2.43. The van der Waals surface area contributed by atoms with Crippen molar-refractivity contribution < 1.29 is 5.11 Å². The molecule has 1 unspecified atom stereocenters. The van der Waals surface area contributed by atoms with Crippen LogP contribution in [0.25, 0.3) is 0 Å². The summed E-state index contributed by atoms with van der Waals surface area (Å²) in [6.07, 6.45) is 8.35. The Morgan fingerprint density at radius 2 is 1.73 bits per heavy atom. The Bertz CT molecular complexity index is 194. The molecule has 0 aromatic carbocycles. The number of hydrogen-bond donors (Lipinski definition) is 1. The number of rotatable bonds is 3. The molecule has 1 aliphatic carbocycles. The number of aliphatic hydroxyl groups excluding tert-OH is 1. The molecule has 88 valence electrons. The quantitative estimate of drug-likeness (QED) is 0.800. The number of β-amino-alcohol motifs (C(OH)–C–C–N with tert-alkyl or cyclic N) is 1. The summed E-state index contributed by atoms with van der Waals surface area (Å²) in [5, 5.41) is 10.3. The van der Waals surface area contributed by atoms with Gasteiger partial charge in [0.2, 0.25) is 0 Å². The topological polar surface area (TPSA) is 23.5 Å². The van der Waals surface area contributed by atoms with E-state index in [1.807, 2.05) is 0 Å². The van der Waals surface area contributed by atoms with Crippen LogP contribution < -0.4 is 0 Å². The Hall–Kier alpha value is 0.400. The molecule has 0 aromatic rings. The lowest BCUT2D eigenvalue weighted by atomic mass is 9.77. The van der Waals surface area contributed by atoms with Crippen LogP contribution in [-0.4, -0.2) is 41.1 Å². The minimum atomic E-state index is -0.192. The van der Waals surface area contributed by atoms with E-state index in [2.05, 4.69) is 20.8 Å². The van der Waals surface area contributed by atoms with Gasteiger partial charge >= 0.3 is 0 Å². The van der Waals surface area contributed by atoms with E-state index in [1.54, 1.807) is 0 Å². The van der Waals surface area contributed by atoms with Gasteiger partial charge in [0.15, 0.2) is 0 Å². The average Bonchev–Trinajstić information content (AvgIpc) is 2.70. The largest absolute Gasteiger partial charge is 0.391 e. The zero-order valence-electron chi connectivity index (χ0n) is 9.42. The molecule has 1 saturated carbocycles. The molecule has 1 spiro atoms. The summed E-state index contributed by atoms with van der Waals surface area (Å²) < 4.78 is 0. The molecule has 1 aliphatic heterocycles. The summed E-state index contributed by atoms with van der Waals surface area (Å²) in [5.74, 6) is 0. The first-order valence-electron chi connectivity index (χ1n) is 6.20. The van der Waals surface area contributed by atoms with Gasteiger partial charge in [0.25, 0.3) is 0 Å². The molecule has 2 rings (SSSR count). The fourth-order valence-corrected chi connectivity index (χ4v) is 3.39. The molecule has 1 N–H and O–H groups in total. The molecular weight excluding hydrogens is 254 g/mol. The van der Waals surface area contributed by atoms with E-state index >= 15 is 0 Å². The molecule has 3 heteroatoms. The SMILES string of the molecule is OC(CBr)CN1CCC2(CCCC2)CC1. The predicted octanol–water partition coefficient (Wildman–Crippen LogP) is 2.40. The zero-order chi connectivity index (χ0) is 10.7. The lowest BCUT2D eigenvalue weighted by Crippen LogP contribution is -2.42. The van der Waals surface area contributed by atoms with Crippen molar-refractivity contribution in [3.05, 3.63) is 0 Å². The van der Waals surface area contributed by atoms with Crippen LogP contribution in [0.5, 0.6) is 0 Å². The fraction of sp³-hybridized carbons (Fsp3) is 1.00. The summed E-state index contributed by atoms with van der Waals surface area (Å²) in [6, 6.07) is 0. The molecular formula is C12H22BrNO. The van der Waals surface area contributed by atoms with Crippen LogP contribution in [0.1, 0.15) is 38.5 Å². The number of halogens is 1. The van der Waals surface area contributed by atoms with E-state index in [-0.39, 0.29) is 6.10 Å². The lowest BCUT2D eigenvalue weighted by Gasteiger charge is -2.39. The van der Waals surface area contributed by atoms with Gasteiger partial charge in [-0.3, -0.25) is 0 Å². The second kappa shape index (κ2) is 5.15. The highest BCUT2D eigenvalue weighted by atomic mass is 79.9. The summed E-state index contributed by atoms with van der Waals surface area (Å²) in [5.41, 5.74) is 0.704. The second-order valence-electron chi connectivity index (χ2n) is 5.32. The standard InChI is InChI=1S/C12H22BrNO/c13-9-11(15)10-14-7-5-12(6-8-14)3-1-2-4-12/h11,15H,1-10H2. The van der Waals surface area contributed by atoms with Crippen LogP contribution in [-0.2, 0) is 0 Å². The molecule has 1 saturated heterocycles. The van der Waals surface area contributed by atoms with E-state index in [0.717, 1.165) is 6.54 Å². The maximum atomic E-state index is 9.58. The number of alkyl halides is 1. The van der Waals surface area contributed by atoms with Crippen molar-refractivity contribution in [2.45, 2.75) is 44.6 Å². The van der Waals surface area contributed by atoms with Crippen molar-refractivity contribution in [2.75, 3.05) is 25.0 Å². The zero-order valence-corrected chi connectivity index (χ0v) is 11.0. The molecule has 15 heavy (non-hydrogen) atoms. The number of piperidine rings is 1. The molecule has 0 aromatic heterocycles. The van der Waals surface area contributed by atoms with Crippen molar-refractivity contribution in [3.63, 3.8) is 0 Å². The minimum absolute atomic E-state index is 0.192. The Morgan fingerprint density at radius 1 is 1.13 bits per heavy atom. The molecule has 0 amide bonds. The van der Waals surface area contributed by atoms with E-state index in [1.165, 1.54) is 51.6 Å². The smallest absolute Gasteiger partial charge is 0.0763 e. The highest BCUT2D eigenvalue weighted by Crippen LogP contribution is 2.45. The molecule has 1 heterocycles.